The summed E-state index contributed by atoms with van der Waals surface area (Å²) in [4.78, 5) is 0. The van der Waals surface area contributed by atoms with Crippen LogP contribution in [0.4, 0.5) is 4.39 Å². The minimum Gasteiger partial charge on any atom is -0.206 e. The molecule has 0 fully saturated rings. The first-order valence-electron chi connectivity index (χ1n) is 2.83. The third kappa shape index (κ3) is 1.76. The van der Waals surface area contributed by atoms with Crippen LogP contribution in [0.25, 0.3) is 0 Å². The Balaban J connectivity index is 3.46. The van der Waals surface area contributed by atoms with Crippen molar-refractivity contribution in [3.8, 4) is 0 Å². The van der Waals surface area contributed by atoms with Crippen LogP contribution in [-0.2, 0) is 0 Å². The molecule has 0 heterocycles. The first-order valence-corrected chi connectivity index (χ1v) is 4.80. The zero-order valence-corrected chi connectivity index (χ0v) is 9.52. The Hall–Kier alpha value is 0.400. The zero-order valence-electron chi connectivity index (χ0n) is 5.59. The Morgan fingerprint density at radius 2 is 1.91 bits per heavy atom. The van der Waals surface area contributed by atoms with E-state index in [1.807, 2.05) is 0 Å². The van der Waals surface area contributed by atoms with Gasteiger partial charge in [0.2, 0.25) is 0 Å². The summed E-state index contributed by atoms with van der Waals surface area (Å²) in [6.07, 6.45) is 0. The molecule has 0 unspecified atom stereocenters. The summed E-state index contributed by atoms with van der Waals surface area (Å²) in [5.41, 5.74) is 0.722. The van der Waals surface area contributed by atoms with E-state index in [9.17, 15) is 4.39 Å². The first-order chi connectivity index (χ1) is 5.04. The molecule has 1 aromatic carbocycles. The van der Waals surface area contributed by atoms with E-state index in [0.29, 0.717) is 14.0 Å². The van der Waals surface area contributed by atoms with Gasteiger partial charge in [0.05, 0.1) is 14.0 Å². The third-order valence-electron chi connectivity index (χ3n) is 1.28. The van der Waals surface area contributed by atoms with Gasteiger partial charge in [0, 0.05) is 0 Å². The van der Waals surface area contributed by atoms with Gasteiger partial charge in [0.15, 0.2) is 0 Å². The molecule has 0 aliphatic carbocycles. The normalized spacial score (nSPS) is 10.3. The van der Waals surface area contributed by atoms with Crippen molar-refractivity contribution in [3.63, 3.8) is 0 Å². The van der Waals surface area contributed by atoms with Gasteiger partial charge in [-0.1, -0.05) is 11.6 Å². The van der Waals surface area contributed by atoms with Gasteiger partial charge in [-0.15, -0.1) is 0 Å². The molecular weight excluding hydrogens is 298 g/mol. The maximum Gasteiger partial charge on any atom is 0.138 e. The van der Waals surface area contributed by atoms with E-state index in [0.717, 1.165) is 5.56 Å². The molecule has 4 heteroatoms. The van der Waals surface area contributed by atoms with Crippen LogP contribution in [0.15, 0.2) is 15.0 Å². The fraction of sp³-hybridized carbons (Fsp3) is 0.143. The van der Waals surface area contributed by atoms with Crippen molar-refractivity contribution in [1.82, 2.24) is 0 Å². The van der Waals surface area contributed by atoms with Crippen LogP contribution >= 0.6 is 43.5 Å². The predicted molar refractivity (Wildman–Crippen MR) is 51.5 cm³/mol. The topological polar surface area (TPSA) is 0 Å². The molecular formula is C7H4Br2ClF. The molecule has 0 saturated heterocycles. The van der Waals surface area contributed by atoms with Crippen LogP contribution in [0, 0.1) is 12.7 Å². The van der Waals surface area contributed by atoms with E-state index in [1.54, 1.807) is 6.92 Å². The quantitative estimate of drug-likeness (QED) is 0.495. The van der Waals surface area contributed by atoms with E-state index >= 15 is 0 Å². The molecule has 0 atom stereocenters. The summed E-state index contributed by atoms with van der Waals surface area (Å²) in [6, 6.07) is 1.39. The molecule has 1 aromatic rings. The molecule has 0 nitrogen and oxygen atoms in total. The van der Waals surface area contributed by atoms with E-state index in [1.165, 1.54) is 6.07 Å². The smallest absolute Gasteiger partial charge is 0.138 e. The summed E-state index contributed by atoms with van der Waals surface area (Å²) >= 11 is 12.0. The van der Waals surface area contributed by atoms with Crippen molar-refractivity contribution in [1.29, 1.82) is 0 Å². The Morgan fingerprint density at radius 3 is 2.45 bits per heavy atom. The second-order valence-electron chi connectivity index (χ2n) is 2.12. The Morgan fingerprint density at radius 1 is 1.36 bits per heavy atom. The molecule has 0 aliphatic heterocycles. The maximum atomic E-state index is 12.9. The largest absolute Gasteiger partial charge is 0.206 e. The summed E-state index contributed by atoms with van der Waals surface area (Å²) in [5.74, 6) is -0.307. The zero-order chi connectivity index (χ0) is 8.59. The SMILES string of the molecule is Cc1cc(F)c(Br)c(Br)c1Cl. The lowest BCUT2D eigenvalue weighted by atomic mass is 10.2. The van der Waals surface area contributed by atoms with E-state index < -0.39 is 0 Å². The van der Waals surface area contributed by atoms with Crippen LogP contribution in [0.5, 0.6) is 0 Å². The number of benzene rings is 1. The molecule has 0 radical (unpaired) electrons. The first kappa shape index (κ1) is 9.49. The lowest BCUT2D eigenvalue weighted by Crippen LogP contribution is -1.84. The van der Waals surface area contributed by atoms with Gasteiger partial charge in [-0.3, -0.25) is 0 Å². The molecule has 0 spiro atoms. The summed E-state index contributed by atoms with van der Waals surface area (Å²) in [7, 11) is 0. The fourth-order valence-corrected chi connectivity index (χ4v) is 1.77. The molecule has 0 N–H and O–H groups in total. The summed E-state index contributed by atoms with van der Waals surface area (Å²) in [5, 5.41) is 0.540. The molecule has 1 rings (SSSR count). The van der Waals surface area contributed by atoms with Crippen molar-refractivity contribution in [2.75, 3.05) is 0 Å². The average Bonchev–Trinajstić information content (AvgIpc) is 1.97. The number of aryl methyl sites for hydroxylation is 1. The maximum absolute atomic E-state index is 12.9. The van der Waals surface area contributed by atoms with Gasteiger partial charge in [0.1, 0.15) is 5.82 Å². The molecule has 0 saturated carbocycles. The van der Waals surface area contributed by atoms with Gasteiger partial charge >= 0.3 is 0 Å². The lowest BCUT2D eigenvalue weighted by molar-refractivity contribution is 0.619. The molecule has 0 bridgehead atoms. The highest BCUT2D eigenvalue weighted by atomic mass is 79.9. The molecule has 11 heavy (non-hydrogen) atoms. The van der Waals surface area contributed by atoms with Crippen molar-refractivity contribution in [2.45, 2.75) is 6.92 Å². The minimum atomic E-state index is -0.307. The monoisotopic (exact) mass is 300 g/mol. The van der Waals surface area contributed by atoms with Gasteiger partial charge < -0.3 is 0 Å². The second kappa shape index (κ2) is 3.42. The van der Waals surface area contributed by atoms with Gasteiger partial charge in [0.25, 0.3) is 0 Å². The van der Waals surface area contributed by atoms with Crippen LogP contribution < -0.4 is 0 Å². The van der Waals surface area contributed by atoms with Crippen LogP contribution in [0.2, 0.25) is 5.02 Å². The van der Waals surface area contributed by atoms with Crippen LogP contribution in [0.1, 0.15) is 5.56 Å². The Bertz CT molecular complexity index is 273. The molecule has 0 amide bonds. The summed E-state index contributed by atoms with van der Waals surface area (Å²) < 4.78 is 13.8. The van der Waals surface area contributed by atoms with Gasteiger partial charge in [-0.05, 0) is 50.4 Å². The van der Waals surface area contributed by atoms with Gasteiger partial charge in [-0.25, -0.2) is 4.39 Å². The predicted octanol–water partition coefficient (Wildman–Crippen LogP) is 4.31. The number of hydrogen-bond donors (Lipinski definition) is 0. The van der Waals surface area contributed by atoms with E-state index in [-0.39, 0.29) is 5.82 Å². The molecule has 0 aliphatic rings. The minimum absolute atomic E-state index is 0.307. The lowest BCUT2D eigenvalue weighted by Gasteiger charge is -2.03. The standard InChI is InChI=1S/C7H4Br2ClF/c1-3-2-4(11)5(8)6(9)7(3)10/h2H,1H3. The number of rotatable bonds is 0. The average molecular weight is 302 g/mol. The van der Waals surface area contributed by atoms with E-state index in [4.69, 9.17) is 11.6 Å². The van der Waals surface area contributed by atoms with Crippen molar-refractivity contribution in [3.05, 3.63) is 31.4 Å². The second-order valence-corrected chi connectivity index (χ2v) is 4.08. The van der Waals surface area contributed by atoms with Crippen molar-refractivity contribution < 1.29 is 4.39 Å². The van der Waals surface area contributed by atoms with Crippen LogP contribution in [0.3, 0.4) is 0 Å². The third-order valence-corrected chi connectivity index (χ3v) is 4.10. The van der Waals surface area contributed by atoms with Crippen molar-refractivity contribution in [2.24, 2.45) is 0 Å². The summed E-state index contributed by atoms with van der Waals surface area (Å²) in [6.45, 7) is 1.75. The Kier molecular flexibility index (Phi) is 2.95. The van der Waals surface area contributed by atoms with E-state index in [2.05, 4.69) is 31.9 Å². The highest BCUT2D eigenvalue weighted by Gasteiger charge is 2.09. The van der Waals surface area contributed by atoms with Gasteiger partial charge in [-0.2, -0.15) is 0 Å². The van der Waals surface area contributed by atoms with Crippen molar-refractivity contribution >= 4 is 43.5 Å². The Labute approximate surface area is 86.0 Å². The highest BCUT2D eigenvalue weighted by molar-refractivity contribution is 9.13. The fourth-order valence-electron chi connectivity index (χ4n) is 0.691. The van der Waals surface area contributed by atoms with Crippen LogP contribution in [-0.4, -0.2) is 0 Å². The number of hydrogen-bond acceptors (Lipinski definition) is 0. The highest BCUT2D eigenvalue weighted by Crippen LogP contribution is 2.34. The molecule has 60 valence electrons. The number of halogens is 4. The molecule has 0 aromatic heterocycles.